The second kappa shape index (κ2) is 5.68. The minimum atomic E-state index is -3.49. The maximum absolute atomic E-state index is 12.0. The number of piperidine rings is 1. The highest BCUT2D eigenvalue weighted by Gasteiger charge is 2.23. The third-order valence-corrected chi connectivity index (χ3v) is 4.50. The lowest BCUT2D eigenvalue weighted by atomic mass is 10.2. The van der Waals surface area contributed by atoms with E-state index in [2.05, 4.69) is 9.82 Å². The molecule has 1 aromatic heterocycles. The van der Waals surface area contributed by atoms with Gasteiger partial charge in [0, 0.05) is 19.3 Å². The minimum Gasteiger partial charge on any atom is -0.364 e. The Morgan fingerprint density at radius 1 is 1.37 bits per heavy atom. The van der Waals surface area contributed by atoms with Crippen LogP contribution in [0.5, 0.6) is 0 Å². The Morgan fingerprint density at radius 3 is 2.63 bits per heavy atom. The number of primary amides is 1. The Bertz CT molecular complexity index is 547. The standard InChI is InChI=1S/C10H17N5O3S/c11-10(16)9-4-7-14(13-9)8-12-19(17,18)15-5-2-1-3-6-15/h4,7,12H,1-3,5-6,8H2,(H2,11,16). The molecule has 0 radical (unpaired) electrons. The number of nitrogens with zero attached hydrogens (tertiary/aromatic N) is 3. The molecule has 0 bridgehead atoms. The molecular weight excluding hydrogens is 270 g/mol. The van der Waals surface area contributed by atoms with Gasteiger partial charge in [0.2, 0.25) is 0 Å². The van der Waals surface area contributed by atoms with Crippen molar-refractivity contribution < 1.29 is 13.2 Å². The van der Waals surface area contributed by atoms with Gasteiger partial charge in [-0.1, -0.05) is 6.42 Å². The second-order valence-corrected chi connectivity index (χ2v) is 6.13. The van der Waals surface area contributed by atoms with E-state index in [-0.39, 0.29) is 12.4 Å². The van der Waals surface area contributed by atoms with Gasteiger partial charge in [-0.05, 0) is 18.9 Å². The third kappa shape index (κ3) is 3.52. The van der Waals surface area contributed by atoms with Gasteiger partial charge in [-0.25, -0.2) is 0 Å². The summed E-state index contributed by atoms with van der Waals surface area (Å²) in [4.78, 5) is 10.9. The molecule has 1 aliphatic heterocycles. The number of hydrogen-bond acceptors (Lipinski definition) is 4. The summed E-state index contributed by atoms with van der Waals surface area (Å²) < 4.78 is 29.2. The monoisotopic (exact) mass is 287 g/mol. The fourth-order valence-corrected chi connectivity index (χ4v) is 3.14. The van der Waals surface area contributed by atoms with Crippen molar-refractivity contribution in [2.45, 2.75) is 25.9 Å². The lowest BCUT2D eigenvalue weighted by Gasteiger charge is -2.25. The van der Waals surface area contributed by atoms with E-state index in [9.17, 15) is 13.2 Å². The first-order valence-corrected chi connectivity index (χ1v) is 7.51. The first kappa shape index (κ1) is 14.0. The summed E-state index contributed by atoms with van der Waals surface area (Å²) in [6, 6.07) is 1.44. The molecule has 1 saturated heterocycles. The predicted molar refractivity (Wildman–Crippen MR) is 68.2 cm³/mol. The highest BCUT2D eigenvalue weighted by atomic mass is 32.2. The minimum absolute atomic E-state index is 0.0217. The molecule has 19 heavy (non-hydrogen) atoms. The van der Waals surface area contributed by atoms with Crippen LogP contribution in [0.25, 0.3) is 0 Å². The molecule has 3 N–H and O–H groups in total. The van der Waals surface area contributed by atoms with E-state index in [1.165, 1.54) is 21.3 Å². The summed E-state index contributed by atoms with van der Waals surface area (Å²) in [7, 11) is -3.49. The van der Waals surface area contributed by atoms with Gasteiger partial charge in [-0.2, -0.15) is 22.5 Å². The van der Waals surface area contributed by atoms with Crippen LogP contribution in [0.15, 0.2) is 12.3 Å². The molecule has 0 atom stereocenters. The lowest BCUT2D eigenvalue weighted by Crippen LogP contribution is -2.43. The summed E-state index contributed by atoms with van der Waals surface area (Å²) in [5.74, 6) is -0.641. The molecule has 9 heteroatoms. The van der Waals surface area contributed by atoms with Gasteiger partial charge in [0.15, 0.2) is 0 Å². The number of amides is 1. The molecule has 0 saturated carbocycles. The van der Waals surface area contributed by atoms with Crippen LogP contribution in [0.4, 0.5) is 0 Å². The van der Waals surface area contributed by atoms with E-state index in [4.69, 9.17) is 5.73 Å². The third-order valence-electron chi connectivity index (χ3n) is 2.96. The summed E-state index contributed by atoms with van der Waals surface area (Å²) >= 11 is 0. The number of hydrogen-bond donors (Lipinski definition) is 2. The molecule has 0 spiro atoms. The number of carbonyl (C=O) groups excluding carboxylic acids is 1. The molecule has 1 aliphatic rings. The van der Waals surface area contributed by atoms with E-state index in [1.807, 2.05) is 0 Å². The van der Waals surface area contributed by atoms with Crippen LogP contribution < -0.4 is 10.5 Å². The SMILES string of the molecule is NC(=O)c1ccn(CNS(=O)(=O)N2CCCCC2)n1. The van der Waals surface area contributed by atoms with E-state index >= 15 is 0 Å². The number of carbonyl (C=O) groups is 1. The molecule has 2 rings (SSSR count). The first-order valence-electron chi connectivity index (χ1n) is 6.07. The molecule has 1 fully saturated rings. The molecular formula is C10H17N5O3S. The zero-order valence-corrected chi connectivity index (χ0v) is 11.3. The fraction of sp³-hybridized carbons (Fsp3) is 0.600. The zero-order valence-electron chi connectivity index (χ0n) is 10.4. The van der Waals surface area contributed by atoms with Crippen molar-refractivity contribution in [1.29, 1.82) is 0 Å². The average molecular weight is 287 g/mol. The van der Waals surface area contributed by atoms with Crippen molar-refractivity contribution in [2.75, 3.05) is 13.1 Å². The van der Waals surface area contributed by atoms with Crippen molar-refractivity contribution >= 4 is 16.1 Å². The van der Waals surface area contributed by atoms with Crippen molar-refractivity contribution in [3.63, 3.8) is 0 Å². The van der Waals surface area contributed by atoms with Gasteiger partial charge < -0.3 is 5.73 Å². The van der Waals surface area contributed by atoms with Gasteiger partial charge in [-0.15, -0.1) is 0 Å². The summed E-state index contributed by atoms with van der Waals surface area (Å²) in [5, 5.41) is 3.85. The van der Waals surface area contributed by atoms with Crippen LogP contribution in [0, 0.1) is 0 Å². The fourth-order valence-electron chi connectivity index (χ4n) is 1.93. The lowest BCUT2D eigenvalue weighted by molar-refractivity contribution is 0.0994. The average Bonchev–Trinajstić information content (AvgIpc) is 2.87. The Labute approximate surface area is 111 Å². The van der Waals surface area contributed by atoms with E-state index in [0.717, 1.165) is 19.3 Å². The van der Waals surface area contributed by atoms with Crippen LogP contribution in [0.1, 0.15) is 29.8 Å². The highest BCUT2D eigenvalue weighted by Crippen LogP contribution is 2.11. The predicted octanol–water partition coefficient (Wildman–Crippen LogP) is -0.740. The Hall–Kier alpha value is -1.45. The number of aromatic nitrogens is 2. The highest BCUT2D eigenvalue weighted by molar-refractivity contribution is 7.87. The molecule has 2 heterocycles. The Kier molecular flexibility index (Phi) is 4.17. The molecule has 8 nitrogen and oxygen atoms in total. The second-order valence-electron chi connectivity index (χ2n) is 4.37. The maximum Gasteiger partial charge on any atom is 0.281 e. The van der Waals surface area contributed by atoms with Gasteiger partial charge in [-0.3, -0.25) is 9.48 Å². The van der Waals surface area contributed by atoms with Crippen LogP contribution >= 0.6 is 0 Å². The van der Waals surface area contributed by atoms with E-state index in [0.29, 0.717) is 13.1 Å². The smallest absolute Gasteiger partial charge is 0.281 e. The van der Waals surface area contributed by atoms with E-state index < -0.39 is 16.1 Å². The summed E-state index contributed by atoms with van der Waals surface area (Å²) in [5.41, 5.74) is 5.17. The number of nitrogens with two attached hydrogens (primary N) is 1. The van der Waals surface area contributed by atoms with Crippen molar-refractivity contribution in [3.8, 4) is 0 Å². The van der Waals surface area contributed by atoms with Gasteiger partial charge >= 0.3 is 0 Å². The van der Waals surface area contributed by atoms with Crippen LogP contribution in [0.2, 0.25) is 0 Å². The van der Waals surface area contributed by atoms with Gasteiger partial charge in [0.05, 0.1) is 0 Å². The Morgan fingerprint density at radius 2 is 2.05 bits per heavy atom. The normalized spacial score (nSPS) is 17.5. The van der Waals surface area contributed by atoms with Crippen LogP contribution in [-0.4, -0.2) is 41.5 Å². The molecule has 0 aromatic carbocycles. The number of nitrogens with one attached hydrogen (secondary N) is 1. The largest absolute Gasteiger partial charge is 0.364 e. The summed E-state index contributed by atoms with van der Waals surface area (Å²) in [6.07, 6.45) is 4.33. The molecule has 0 unspecified atom stereocenters. The quantitative estimate of drug-likeness (QED) is 0.743. The summed E-state index contributed by atoms with van der Waals surface area (Å²) in [6.45, 7) is 1.06. The Balaban J connectivity index is 1.94. The zero-order chi connectivity index (χ0) is 13.9. The van der Waals surface area contributed by atoms with Crippen LogP contribution in [0.3, 0.4) is 0 Å². The topological polar surface area (TPSA) is 110 Å². The number of rotatable bonds is 5. The van der Waals surface area contributed by atoms with Gasteiger partial charge in [0.1, 0.15) is 12.4 Å². The molecule has 106 valence electrons. The molecule has 1 amide bonds. The molecule has 0 aliphatic carbocycles. The van der Waals surface area contributed by atoms with Crippen molar-refractivity contribution in [2.24, 2.45) is 5.73 Å². The first-order chi connectivity index (χ1) is 8.99. The van der Waals surface area contributed by atoms with Crippen molar-refractivity contribution in [1.82, 2.24) is 18.8 Å². The van der Waals surface area contributed by atoms with Gasteiger partial charge in [0.25, 0.3) is 16.1 Å². The maximum atomic E-state index is 12.0. The van der Waals surface area contributed by atoms with Crippen molar-refractivity contribution in [3.05, 3.63) is 18.0 Å². The molecule has 1 aromatic rings. The van der Waals surface area contributed by atoms with Crippen LogP contribution in [-0.2, 0) is 16.9 Å². The van der Waals surface area contributed by atoms with E-state index in [1.54, 1.807) is 0 Å².